The lowest BCUT2D eigenvalue weighted by Gasteiger charge is -2.17. The SMILES string of the molecule is COc1cccc(OC)c1C(=O)OC(C)CNc1nccc(-c2cn(CC#N)nc2-c2cc(C)cc(O)c2)n1. The summed E-state index contributed by atoms with van der Waals surface area (Å²) in [6, 6.07) is 14.0. The monoisotopic (exact) mass is 528 g/mol. The predicted molar refractivity (Wildman–Crippen MR) is 144 cm³/mol. The van der Waals surface area contributed by atoms with Crippen LogP contribution in [0.5, 0.6) is 17.2 Å². The number of carbonyl (C=O) groups is 1. The van der Waals surface area contributed by atoms with Gasteiger partial charge >= 0.3 is 5.97 Å². The van der Waals surface area contributed by atoms with Crippen molar-refractivity contribution in [2.75, 3.05) is 26.1 Å². The minimum atomic E-state index is -0.579. The quantitative estimate of drug-likeness (QED) is 0.287. The molecule has 4 rings (SSSR count). The van der Waals surface area contributed by atoms with Crippen LogP contribution in [0, 0.1) is 18.3 Å². The van der Waals surface area contributed by atoms with E-state index in [9.17, 15) is 15.2 Å². The highest BCUT2D eigenvalue weighted by atomic mass is 16.5. The molecule has 2 heterocycles. The van der Waals surface area contributed by atoms with E-state index < -0.39 is 12.1 Å². The third-order valence-electron chi connectivity index (χ3n) is 5.75. The molecule has 0 amide bonds. The minimum Gasteiger partial charge on any atom is -0.508 e. The zero-order valence-electron chi connectivity index (χ0n) is 22.0. The zero-order valence-corrected chi connectivity index (χ0v) is 22.0. The maximum absolute atomic E-state index is 12.8. The van der Waals surface area contributed by atoms with Crippen LogP contribution in [0.1, 0.15) is 22.8 Å². The first kappa shape index (κ1) is 26.9. The van der Waals surface area contributed by atoms with Crippen molar-refractivity contribution in [1.82, 2.24) is 19.7 Å². The highest BCUT2D eigenvalue weighted by Crippen LogP contribution is 2.33. The van der Waals surface area contributed by atoms with E-state index >= 15 is 0 Å². The normalized spacial score (nSPS) is 11.4. The van der Waals surface area contributed by atoms with Crippen molar-refractivity contribution in [2.45, 2.75) is 26.5 Å². The third-order valence-corrected chi connectivity index (χ3v) is 5.75. The Hall–Kier alpha value is -5.11. The Bertz CT molecular complexity index is 1480. The molecule has 0 aliphatic rings. The summed E-state index contributed by atoms with van der Waals surface area (Å²) in [7, 11) is 2.94. The molecule has 0 saturated carbocycles. The van der Waals surface area contributed by atoms with Crippen molar-refractivity contribution in [2.24, 2.45) is 0 Å². The zero-order chi connectivity index (χ0) is 27.9. The Labute approximate surface area is 225 Å². The van der Waals surface area contributed by atoms with Gasteiger partial charge in [-0.2, -0.15) is 10.4 Å². The molecule has 0 fully saturated rings. The molecule has 0 bridgehead atoms. The average molecular weight is 529 g/mol. The van der Waals surface area contributed by atoms with E-state index in [0.717, 1.165) is 5.56 Å². The Morgan fingerprint density at radius 3 is 2.59 bits per heavy atom. The molecule has 11 heteroatoms. The van der Waals surface area contributed by atoms with Crippen molar-refractivity contribution >= 4 is 11.9 Å². The number of phenolic OH excluding ortho intramolecular Hbond substituents is 1. The number of esters is 1. The van der Waals surface area contributed by atoms with Crippen molar-refractivity contribution in [3.05, 3.63) is 66.0 Å². The number of hydrogen-bond donors (Lipinski definition) is 2. The van der Waals surface area contributed by atoms with Gasteiger partial charge in [0.05, 0.1) is 32.5 Å². The minimum absolute atomic E-state index is 0.0564. The van der Waals surface area contributed by atoms with Gasteiger partial charge in [-0.25, -0.2) is 14.8 Å². The molecule has 11 nitrogen and oxygen atoms in total. The Kier molecular flexibility index (Phi) is 8.26. The van der Waals surface area contributed by atoms with Crippen molar-refractivity contribution in [3.63, 3.8) is 0 Å². The summed E-state index contributed by atoms with van der Waals surface area (Å²) in [6.07, 6.45) is 2.79. The van der Waals surface area contributed by atoms with Crippen molar-refractivity contribution < 1.29 is 24.1 Å². The maximum Gasteiger partial charge on any atom is 0.346 e. The molecular weight excluding hydrogens is 500 g/mol. The van der Waals surface area contributed by atoms with E-state index in [2.05, 4.69) is 26.5 Å². The first-order valence-corrected chi connectivity index (χ1v) is 12.1. The number of methoxy groups -OCH3 is 2. The molecule has 2 aromatic carbocycles. The molecule has 1 atom stereocenters. The summed E-state index contributed by atoms with van der Waals surface area (Å²) in [5.41, 5.74) is 3.57. The molecule has 0 aliphatic carbocycles. The molecule has 0 aliphatic heterocycles. The third kappa shape index (κ3) is 6.24. The molecule has 200 valence electrons. The molecule has 39 heavy (non-hydrogen) atoms. The first-order valence-electron chi connectivity index (χ1n) is 12.1. The lowest BCUT2D eigenvalue weighted by molar-refractivity contribution is 0.0359. The largest absolute Gasteiger partial charge is 0.508 e. The average Bonchev–Trinajstić information content (AvgIpc) is 3.35. The smallest absolute Gasteiger partial charge is 0.346 e. The highest BCUT2D eigenvalue weighted by molar-refractivity contribution is 5.95. The number of carbonyl (C=O) groups excluding carboxylic acids is 1. The number of nitrogens with zero attached hydrogens (tertiary/aromatic N) is 5. The van der Waals surface area contributed by atoms with Gasteiger partial charge in [-0.05, 0) is 55.8 Å². The fourth-order valence-corrected chi connectivity index (χ4v) is 4.04. The summed E-state index contributed by atoms with van der Waals surface area (Å²) >= 11 is 0. The summed E-state index contributed by atoms with van der Waals surface area (Å²) in [6.45, 7) is 3.91. The summed E-state index contributed by atoms with van der Waals surface area (Å²) < 4.78 is 17.7. The van der Waals surface area contributed by atoms with Gasteiger partial charge in [0.1, 0.15) is 41.2 Å². The van der Waals surface area contributed by atoms with Crippen LogP contribution in [-0.4, -0.2) is 57.7 Å². The lowest BCUT2D eigenvalue weighted by Crippen LogP contribution is -2.24. The molecule has 2 N–H and O–H groups in total. The second kappa shape index (κ2) is 12.0. The number of nitrogens with one attached hydrogen (secondary N) is 1. The van der Waals surface area contributed by atoms with Gasteiger partial charge in [0.25, 0.3) is 0 Å². The molecule has 4 aromatic rings. The molecule has 0 saturated heterocycles. The summed E-state index contributed by atoms with van der Waals surface area (Å²) in [5, 5.41) is 26.9. The van der Waals surface area contributed by atoms with E-state index in [4.69, 9.17) is 14.2 Å². The number of hydrogen-bond acceptors (Lipinski definition) is 10. The van der Waals surface area contributed by atoms with Gasteiger partial charge in [-0.1, -0.05) is 6.07 Å². The van der Waals surface area contributed by atoms with Gasteiger partial charge in [-0.3, -0.25) is 4.68 Å². The standard InChI is InChI=1S/C28H28N6O5/c1-17-12-19(14-20(35)13-17)26-21(16-34(33-26)11-9-29)22-8-10-30-28(32-22)31-15-18(2)39-27(36)25-23(37-3)6-5-7-24(25)38-4/h5-8,10,12-14,16,18,35H,11,15H2,1-4H3,(H,30,31,32). The van der Waals surface area contributed by atoms with Crippen LogP contribution in [0.15, 0.2) is 54.9 Å². The summed E-state index contributed by atoms with van der Waals surface area (Å²) in [4.78, 5) is 21.7. The molecule has 0 spiro atoms. The van der Waals surface area contributed by atoms with E-state index in [1.807, 2.05) is 13.0 Å². The first-order chi connectivity index (χ1) is 18.8. The maximum atomic E-state index is 12.8. The van der Waals surface area contributed by atoms with Crippen LogP contribution in [0.3, 0.4) is 0 Å². The number of anilines is 1. The predicted octanol–water partition coefficient (Wildman–Crippen LogP) is 4.22. The number of aromatic nitrogens is 4. The second-order valence-electron chi connectivity index (χ2n) is 8.70. The van der Waals surface area contributed by atoms with Crippen molar-refractivity contribution in [1.29, 1.82) is 5.26 Å². The van der Waals surface area contributed by atoms with Crippen LogP contribution in [0.25, 0.3) is 22.5 Å². The molecular formula is C28H28N6O5. The van der Waals surface area contributed by atoms with Gasteiger partial charge in [0, 0.05) is 23.5 Å². The van der Waals surface area contributed by atoms with Crippen LogP contribution in [-0.2, 0) is 11.3 Å². The van der Waals surface area contributed by atoms with Crippen LogP contribution in [0.2, 0.25) is 0 Å². The van der Waals surface area contributed by atoms with Gasteiger partial charge in [0.2, 0.25) is 5.95 Å². The number of nitriles is 1. The molecule has 1 unspecified atom stereocenters. The van der Waals surface area contributed by atoms with E-state index in [0.29, 0.717) is 40.0 Å². The van der Waals surface area contributed by atoms with Crippen LogP contribution < -0.4 is 14.8 Å². The number of aryl methyl sites for hydroxylation is 1. The van der Waals surface area contributed by atoms with E-state index in [1.165, 1.54) is 18.9 Å². The summed E-state index contributed by atoms with van der Waals surface area (Å²) in [5.74, 6) is 0.557. The van der Waals surface area contributed by atoms with E-state index in [-0.39, 0.29) is 24.4 Å². The fourth-order valence-electron chi connectivity index (χ4n) is 4.04. The van der Waals surface area contributed by atoms with Gasteiger partial charge in [0.15, 0.2) is 0 Å². The fraction of sp³-hybridized carbons (Fsp3) is 0.250. The molecule has 2 aromatic heterocycles. The number of ether oxygens (including phenoxy) is 3. The Balaban J connectivity index is 1.53. The Morgan fingerprint density at radius 2 is 1.92 bits per heavy atom. The lowest BCUT2D eigenvalue weighted by atomic mass is 10.0. The van der Waals surface area contributed by atoms with Crippen LogP contribution in [0.4, 0.5) is 5.95 Å². The highest BCUT2D eigenvalue weighted by Gasteiger charge is 2.22. The van der Waals surface area contributed by atoms with Gasteiger partial charge < -0.3 is 24.6 Å². The van der Waals surface area contributed by atoms with Crippen LogP contribution >= 0.6 is 0 Å². The number of rotatable bonds is 10. The number of benzene rings is 2. The number of phenols is 1. The Morgan fingerprint density at radius 1 is 1.18 bits per heavy atom. The number of aromatic hydroxyl groups is 1. The second-order valence-corrected chi connectivity index (χ2v) is 8.70. The van der Waals surface area contributed by atoms with Gasteiger partial charge in [-0.15, -0.1) is 0 Å². The topological polar surface area (TPSA) is 144 Å². The molecule has 0 radical (unpaired) electrons. The van der Waals surface area contributed by atoms with Crippen molar-refractivity contribution in [3.8, 4) is 45.8 Å². The van der Waals surface area contributed by atoms with E-state index in [1.54, 1.807) is 55.7 Å².